The summed E-state index contributed by atoms with van der Waals surface area (Å²) >= 11 is 0. The van der Waals surface area contributed by atoms with Gasteiger partial charge in [0.2, 0.25) is 10.0 Å². The highest BCUT2D eigenvalue weighted by atomic mass is 32.2. The summed E-state index contributed by atoms with van der Waals surface area (Å²) in [5.41, 5.74) is 1.18. The minimum Gasteiger partial charge on any atom is -0.297 e. The standard InChI is InChI=1S/C18H24N4O2S/c1-2-21-16-18(15-19-21)25(23,24)22-13-11-20(12-14-22)10-6-9-17-7-4-3-5-8-17/h3-9,15-16H,2,10-14H2,1H3. The van der Waals surface area contributed by atoms with Gasteiger partial charge in [-0.2, -0.15) is 9.40 Å². The summed E-state index contributed by atoms with van der Waals surface area (Å²) in [6.07, 6.45) is 7.27. The molecular weight excluding hydrogens is 336 g/mol. The highest BCUT2D eigenvalue weighted by molar-refractivity contribution is 7.89. The first-order valence-corrected chi connectivity index (χ1v) is 10.00. The average Bonchev–Trinajstić information content (AvgIpc) is 3.13. The zero-order chi connectivity index (χ0) is 17.7. The molecule has 1 saturated heterocycles. The number of aryl methyl sites for hydroxylation is 1. The maximum absolute atomic E-state index is 12.7. The molecule has 0 atom stereocenters. The second-order valence-corrected chi connectivity index (χ2v) is 7.99. The Morgan fingerprint density at radius 1 is 1.12 bits per heavy atom. The van der Waals surface area contributed by atoms with Gasteiger partial charge in [-0.1, -0.05) is 42.5 Å². The molecule has 1 aromatic heterocycles. The first-order valence-electron chi connectivity index (χ1n) is 8.56. The molecule has 2 aromatic rings. The maximum Gasteiger partial charge on any atom is 0.246 e. The number of benzene rings is 1. The van der Waals surface area contributed by atoms with Crippen molar-refractivity contribution in [1.29, 1.82) is 0 Å². The Morgan fingerprint density at radius 2 is 1.84 bits per heavy atom. The third-order valence-electron chi connectivity index (χ3n) is 4.38. The molecular formula is C18H24N4O2S. The van der Waals surface area contributed by atoms with Crippen molar-refractivity contribution in [2.75, 3.05) is 32.7 Å². The van der Waals surface area contributed by atoms with Crippen LogP contribution in [0.4, 0.5) is 0 Å². The van der Waals surface area contributed by atoms with Crippen molar-refractivity contribution in [3.63, 3.8) is 0 Å². The van der Waals surface area contributed by atoms with Gasteiger partial charge in [0.25, 0.3) is 0 Å². The monoisotopic (exact) mass is 360 g/mol. The quantitative estimate of drug-likeness (QED) is 0.790. The van der Waals surface area contributed by atoms with E-state index in [4.69, 9.17) is 0 Å². The summed E-state index contributed by atoms with van der Waals surface area (Å²) < 4.78 is 28.5. The molecule has 7 heteroatoms. The van der Waals surface area contributed by atoms with Crippen molar-refractivity contribution < 1.29 is 8.42 Å². The largest absolute Gasteiger partial charge is 0.297 e. The van der Waals surface area contributed by atoms with E-state index in [-0.39, 0.29) is 4.90 Å². The molecule has 134 valence electrons. The van der Waals surface area contributed by atoms with Crippen LogP contribution in [0.1, 0.15) is 12.5 Å². The lowest BCUT2D eigenvalue weighted by Gasteiger charge is -2.33. The molecule has 0 N–H and O–H groups in total. The van der Waals surface area contributed by atoms with Crippen molar-refractivity contribution in [1.82, 2.24) is 19.0 Å². The molecule has 1 aromatic carbocycles. The van der Waals surface area contributed by atoms with Crippen LogP contribution in [0.2, 0.25) is 0 Å². The Balaban J connectivity index is 1.53. The summed E-state index contributed by atoms with van der Waals surface area (Å²) in [6, 6.07) is 10.2. The molecule has 0 aliphatic carbocycles. The van der Waals surface area contributed by atoms with E-state index in [2.05, 4.69) is 34.3 Å². The second-order valence-electron chi connectivity index (χ2n) is 6.05. The lowest BCUT2D eigenvalue weighted by atomic mass is 10.2. The Bertz CT molecular complexity index is 807. The fourth-order valence-corrected chi connectivity index (χ4v) is 4.23. The van der Waals surface area contributed by atoms with Crippen LogP contribution in [0.25, 0.3) is 6.08 Å². The molecule has 0 amide bonds. The number of sulfonamides is 1. The van der Waals surface area contributed by atoms with E-state index in [1.165, 1.54) is 11.8 Å². The van der Waals surface area contributed by atoms with E-state index in [9.17, 15) is 8.42 Å². The molecule has 6 nitrogen and oxygen atoms in total. The summed E-state index contributed by atoms with van der Waals surface area (Å²) in [7, 11) is -3.43. The Kier molecular flexibility index (Phi) is 5.67. The van der Waals surface area contributed by atoms with Gasteiger partial charge in [0.1, 0.15) is 4.90 Å². The second kappa shape index (κ2) is 7.95. The number of hydrogen-bond donors (Lipinski definition) is 0. The SMILES string of the molecule is CCn1cc(S(=O)(=O)N2CCN(CC=Cc3ccccc3)CC2)cn1. The van der Waals surface area contributed by atoms with Gasteiger partial charge in [0.05, 0.1) is 6.20 Å². The van der Waals surface area contributed by atoms with Crippen LogP contribution in [0.5, 0.6) is 0 Å². The van der Waals surface area contributed by atoms with Crippen LogP contribution in [-0.2, 0) is 16.6 Å². The predicted octanol–water partition coefficient (Wildman–Crippen LogP) is 1.92. The molecule has 0 unspecified atom stereocenters. The summed E-state index contributed by atoms with van der Waals surface area (Å²) in [5, 5.41) is 4.07. The predicted molar refractivity (Wildman–Crippen MR) is 98.6 cm³/mol. The van der Waals surface area contributed by atoms with E-state index in [1.807, 2.05) is 25.1 Å². The zero-order valence-corrected chi connectivity index (χ0v) is 15.3. The number of hydrogen-bond acceptors (Lipinski definition) is 4. The van der Waals surface area contributed by atoms with Gasteiger partial charge >= 0.3 is 0 Å². The normalized spacial score (nSPS) is 17.3. The van der Waals surface area contributed by atoms with Gasteiger partial charge in [-0.05, 0) is 12.5 Å². The molecule has 2 heterocycles. The first kappa shape index (κ1) is 17.8. The van der Waals surface area contributed by atoms with Crippen LogP contribution < -0.4 is 0 Å². The number of nitrogens with zero attached hydrogens (tertiary/aromatic N) is 4. The van der Waals surface area contributed by atoms with E-state index in [0.717, 1.165) is 19.6 Å². The van der Waals surface area contributed by atoms with Gasteiger partial charge in [-0.3, -0.25) is 9.58 Å². The van der Waals surface area contributed by atoms with Gasteiger partial charge in [-0.25, -0.2) is 8.42 Å². The average molecular weight is 360 g/mol. The summed E-state index contributed by atoms with van der Waals surface area (Å²) in [4.78, 5) is 2.55. The van der Waals surface area contributed by atoms with E-state index < -0.39 is 10.0 Å². The lowest BCUT2D eigenvalue weighted by Crippen LogP contribution is -2.48. The van der Waals surface area contributed by atoms with E-state index >= 15 is 0 Å². The molecule has 1 aliphatic heterocycles. The first-order chi connectivity index (χ1) is 12.1. The number of rotatable bonds is 6. The highest BCUT2D eigenvalue weighted by Crippen LogP contribution is 2.17. The highest BCUT2D eigenvalue weighted by Gasteiger charge is 2.29. The number of piperazine rings is 1. The third-order valence-corrected chi connectivity index (χ3v) is 6.23. The Labute approximate surface area is 149 Å². The van der Waals surface area contributed by atoms with Gasteiger partial charge in [-0.15, -0.1) is 0 Å². The van der Waals surface area contributed by atoms with Crippen molar-refractivity contribution in [2.45, 2.75) is 18.4 Å². The lowest BCUT2D eigenvalue weighted by molar-refractivity contribution is 0.204. The molecule has 0 spiro atoms. The minimum absolute atomic E-state index is 0.284. The molecule has 25 heavy (non-hydrogen) atoms. The summed E-state index contributed by atoms with van der Waals surface area (Å²) in [6.45, 7) is 5.93. The van der Waals surface area contributed by atoms with Crippen molar-refractivity contribution in [2.24, 2.45) is 0 Å². The number of aromatic nitrogens is 2. The fraction of sp³-hybridized carbons (Fsp3) is 0.389. The van der Waals surface area contributed by atoms with Crippen LogP contribution in [0.15, 0.2) is 53.7 Å². The topological polar surface area (TPSA) is 58.4 Å². The van der Waals surface area contributed by atoms with Crippen LogP contribution in [0, 0.1) is 0 Å². The van der Waals surface area contributed by atoms with Crippen LogP contribution >= 0.6 is 0 Å². The molecule has 3 rings (SSSR count). The van der Waals surface area contributed by atoms with Crippen LogP contribution in [-0.4, -0.2) is 60.1 Å². The van der Waals surface area contributed by atoms with E-state index in [0.29, 0.717) is 19.6 Å². The minimum atomic E-state index is -3.43. The van der Waals surface area contributed by atoms with E-state index in [1.54, 1.807) is 15.2 Å². The van der Waals surface area contributed by atoms with Gasteiger partial charge in [0, 0.05) is 45.5 Å². The molecule has 0 saturated carbocycles. The Hall–Kier alpha value is -1.96. The molecule has 1 fully saturated rings. The summed E-state index contributed by atoms with van der Waals surface area (Å²) in [5.74, 6) is 0. The third kappa shape index (κ3) is 4.36. The van der Waals surface area contributed by atoms with Crippen LogP contribution in [0.3, 0.4) is 0 Å². The maximum atomic E-state index is 12.7. The molecule has 1 aliphatic rings. The van der Waals surface area contributed by atoms with Gasteiger partial charge in [0.15, 0.2) is 0 Å². The van der Waals surface area contributed by atoms with Crippen molar-refractivity contribution >= 4 is 16.1 Å². The smallest absolute Gasteiger partial charge is 0.246 e. The van der Waals surface area contributed by atoms with Crippen molar-refractivity contribution in [3.05, 3.63) is 54.4 Å². The van der Waals surface area contributed by atoms with Gasteiger partial charge < -0.3 is 0 Å². The Morgan fingerprint density at radius 3 is 2.48 bits per heavy atom. The molecule has 0 radical (unpaired) electrons. The fourth-order valence-electron chi connectivity index (χ4n) is 2.85. The molecule has 0 bridgehead atoms. The zero-order valence-electron chi connectivity index (χ0n) is 14.5. The van der Waals surface area contributed by atoms with Crippen molar-refractivity contribution in [3.8, 4) is 0 Å².